The van der Waals surface area contributed by atoms with E-state index in [2.05, 4.69) is 37.4 Å². The van der Waals surface area contributed by atoms with Crippen molar-refractivity contribution in [2.75, 3.05) is 39.7 Å². The van der Waals surface area contributed by atoms with Crippen molar-refractivity contribution >= 4 is 27.7 Å². The minimum absolute atomic E-state index is 0.0184. The number of hydrogen-bond acceptors (Lipinski definition) is 9. The molecule has 12 nitrogen and oxygen atoms in total. The van der Waals surface area contributed by atoms with Crippen LogP contribution in [-0.2, 0) is 32.2 Å². The van der Waals surface area contributed by atoms with Gasteiger partial charge in [0.05, 0.1) is 62.5 Å². The quantitative estimate of drug-likeness (QED) is 0.105. The molecule has 0 radical (unpaired) electrons. The first-order valence-corrected chi connectivity index (χ1v) is 17.1. The van der Waals surface area contributed by atoms with Crippen LogP contribution in [0.3, 0.4) is 0 Å². The Morgan fingerprint density at radius 1 is 1.06 bits per heavy atom. The van der Waals surface area contributed by atoms with Crippen molar-refractivity contribution < 1.29 is 40.2 Å². The molecule has 16 heteroatoms. The van der Waals surface area contributed by atoms with Gasteiger partial charge in [-0.1, -0.05) is 30.3 Å². The summed E-state index contributed by atoms with van der Waals surface area (Å²) in [5.41, 5.74) is 0.646. The molecule has 0 saturated carbocycles. The first-order chi connectivity index (χ1) is 23.9. The lowest BCUT2D eigenvalue weighted by atomic mass is 9.88. The topological polar surface area (TPSA) is 161 Å². The summed E-state index contributed by atoms with van der Waals surface area (Å²) >= 11 is 0. The number of benzene rings is 3. The number of ether oxygens (including phenoxy) is 1. The van der Waals surface area contributed by atoms with Gasteiger partial charge in [-0.05, 0) is 79.8 Å². The number of anilines is 2. The fourth-order valence-corrected chi connectivity index (χ4v) is 6.22. The minimum atomic E-state index is -4.61. The van der Waals surface area contributed by atoms with E-state index in [-0.39, 0.29) is 27.8 Å². The number of methoxy groups -OCH3 is 1. The highest BCUT2D eigenvalue weighted by atomic mass is 32.2. The lowest BCUT2D eigenvalue weighted by molar-refractivity contribution is -0.870. The number of quaternary nitrogens is 1. The van der Waals surface area contributed by atoms with E-state index in [1.807, 2.05) is 0 Å². The van der Waals surface area contributed by atoms with Gasteiger partial charge in [0.1, 0.15) is 16.2 Å². The first kappa shape index (κ1) is 38.6. The maximum Gasteiger partial charge on any atom is 0.416 e. The predicted octanol–water partition coefficient (Wildman–Crippen LogP) is 5.27. The standard InChI is InChI=1S/C29H31F3N6O3.C6H6O3S/c1-18-24(26(39)41-5)25(23-13-12-19(17-33)15-20(23)9-6-7-14-38(2,3)4)37-27(34-35-28(37)40)36(18)22-11-8-10-21(16-22)29(30,31)32;7-10(8,9)6-4-2-1-3-5-6/h8,10-13,15-16,25H,6-7,9,14H2,1-5H3;1-5H,(H,7,8,9)/t25-;/m1./s1. The molecule has 2 heterocycles. The number of allylic oxidation sites excluding steroid dienone is 1. The normalized spacial score (nSPS) is 14.7. The number of nitrogens with one attached hydrogen (secondary N) is 1. The van der Waals surface area contributed by atoms with Crippen molar-refractivity contribution in [2.24, 2.45) is 0 Å². The van der Waals surface area contributed by atoms with E-state index in [4.69, 9.17) is 4.74 Å². The number of H-pyrrole nitrogens is 1. The predicted molar refractivity (Wildman–Crippen MR) is 181 cm³/mol. The van der Waals surface area contributed by atoms with Gasteiger partial charge < -0.3 is 13.8 Å². The molecule has 0 amide bonds. The van der Waals surface area contributed by atoms with Crippen LogP contribution in [0, 0.1) is 11.3 Å². The van der Waals surface area contributed by atoms with E-state index in [1.165, 1.54) is 53.0 Å². The number of fused-ring (bicyclic) bond motifs is 1. The molecule has 1 aromatic heterocycles. The summed E-state index contributed by atoms with van der Waals surface area (Å²) < 4.78 is 78.7. The Morgan fingerprint density at radius 3 is 2.31 bits per heavy atom. The summed E-state index contributed by atoms with van der Waals surface area (Å²) in [6.07, 6.45) is -2.33. The molecule has 1 atom stereocenters. The summed E-state index contributed by atoms with van der Waals surface area (Å²) in [7, 11) is 3.25. The summed E-state index contributed by atoms with van der Waals surface area (Å²) in [4.78, 5) is 27.7. The van der Waals surface area contributed by atoms with E-state index in [0.717, 1.165) is 41.6 Å². The van der Waals surface area contributed by atoms with Gasteiger partial charge in [0.25, 0.3) is 0 Å². The van der Waals surface area contributed by atoms with Crippen LogP contribution in [0.25, 0.3) is 0 Å². The average molecular weight is 727 g/mol. The van der Waals surface area contributed by atoms with E-state index >= 15 is 0 Å². The van der Waals surface area contributed by atoms with Crippen LogP contribution in [-0.4, -0.2) is 73.0 Å². The second-order valence-corrected chi connectivity index (χ2v) is 14.1. The molecule has 5 rings (SSSR count). The molecule has 0 aliphatic carbocycles. The molecule has 0 unspecified atom stereocenters. The van der Waals surface area contributed by atoms with Crippen molar-refractivity contribution in [1.82, 2.24) is 14.8 Å². The number of aromatic amines is 1. The third kappa shape index (κ3) is 9.11. The Balaban J connectivity index is 0.000000502. The van der Waals surface area contributed by atoms with Gasteiger partial charge in [0, 0.05) is 11.4 Å². The Kier molecular flexibility index (Phi) is 11.6. The number of nitrogens with zero attached hydrogens (tertiary/aromatic N) is 5. The average Bonchev–Trinajstić information content (AvgIpc) is 3.45. The van der Waals surface area contributed by atoms with Gasteiger partial charge in [-0.2, -0.15) is 18.4 Å². The zero-order valence-electron chi connectivity index (χ0n) is 28.6. The van der Waals surface area contributed by atoms with Crippen LogP contribution >= 0.6 is 0 Å². The van der Waals surface area contributed by atoms with Gasteiger partial charge in [-0.15, -0.1) is 5.10 Å². The molecule has 1 N–H and O–H groups in total. The lowest BCUT2D eigenvalue weighted by Gasteiger charge is -2.36. The number of hydrogen-bond donors (Lipinski definition) is 1. The fourth-order valence-electron chi connectivity index (χ4n) is 5.73. The van der Waals surface area contributed by atoms with Crippen molar-refractivity contribution in [3.63, 3.8) is 0 Å². The zero-order valence-corrected chi connectivity index (χ0v) is 29.4. The van der Waals surface area contributed by atoms with E-state index in [9.17, 15) is 41.0 Å². The first-order valence-electron chi connectivity index (χ1n) is 15.6. The molecule has 1 aliphatic heterocycles. The maximum atomic E-state index is 13.6. The number of halogens is 3. The van der Waals surface area contributed by atoms with Gasteiger partial charge in [-0.25, -0.2) is 27.7 Å². The summed E-state index contributed by atoms with van der Waals surface area (Å²) in [6.45, 7) is 2.51. The Hall–Kier alpha value is -5.24. The molecule has 0 spiro atoms. The SMILES string of the molecule is COC(=O)C1=C(C)N(c2cccc(C(F)(F)F)c2)c2n[nH]c(=O)n2[C@@H]1c1ccc(C#N)cc1CCCC[N+](C)(C)C.O=S(=O)([O-])c1ccccc1. The van der Waals surface area contributed by atoms with Crippen LogP contribution in [0.5, 0.6) is 0 Å². The van der Waals surface area contributed by atoms with Crippen molar-refractivity contribution in [2.45, 2.75) is 43.3 Å². The van der Waals surface area contributed by atoms with Crippen LogP contribution in [0.15, 0.2) is 93.8 Å². The number of unbranched alkanes of at least 4 members (excludes halogenated alkanes) is 1. The highest BCUT2D eigenvalue weighted by Crippen LogP contribution is 2.43. The third-order valence-electron chi connectivity index (χ3n) is 8.10. The summed E-state index contributed by atoms with van der Waals surface area (Å²) in [5.74, 6) is -0.728. The highest BCUT2D eigenvalue weighted by molar-refractivity contribution is 7.85. The van der Waals surface area contributed by atoms with Crippen LogP contribution in [0.1, 0.15) is 48.1 Å². The van der Waals surface area contributed by atoms with Gasteiger partial charge in [0.2, 0.25) is 5.95 Å². The molecule has 4 aromatic rings. The Bertz CT molecular complexity index is 2130. The number of esters is 1. The minimum Gasteiger partial charge on any atom is -0.744 e. The molecular weight excluding hydrogens is 689 g/mol. The number of nitriles is 1. The van der Waals surface area contributed by atoms with E-state index in [1.54, 1.807) is 31.2 Å². The molecule has 51 heavy (non-hydrogen) atoms. The largest absolute Gasteiger partial charge is 0.744 e. The van der Waals surface area contributed by atoms with Crippen molar-refractivity contribution in [1.29, 1.82) is 5.26 Å². The van der Waals surface area contributed by atoms with Gasteiger partial charge >= 0.3 is 17.8 Å². The molecular formula is C35H37F3N6O6S. The molecule has 1 aliphatic rings. The number of carbonyl (C=O) groups excluding carboxylic acids is 1. The van der Waals surface area contributed by atoms with E-state index in [0.29, 0.717) is 17.5 Å². The monoisotopic (exact) mass is 726 g/mol. The van der Waals surface area contributed by atoms with Crippen LogP contribution in [0.4, 0.5) is 24.8 Å². The number of aromatic nitrogens is 3. The summed E-state index contributed by atoms with van der Waals surface area (Å²) in [6, 6.07) is 18.0. The molecule has 0 saturated heterocycles. The highest BCUT2D eigenvalue weighted by Gasteiger charge is 2.41. The second-order valence-electron chi connectivity index (χ2n) is 12.7. The van der Waals surface area contributed by atoms with Gasteiger partial charge in [-0.3, -0.25) is 4.90 Å². The molecule has 3 aromatic carbocycles. The second kappa shape index (κ2) is 15.3. The number of carbonyl (C=O) groups is 1. The van der Waals surface area contributed by atoms with Crippen LogP contribution in [0.2, 0.25) is 0 Å². The molecule has 0 bridgehead atoms. The Morgan fingerprint density at radius 2 is 1.75 bits per heavy atom. The third-order valence-corrected chi connectivity index (χ3v) is 8.95. The number of alkyl halides is 3. The van der Waals surface area contributed by atoms with E-state index < -0.39 is 39.6 Å². The number of rotatable bonds is 9. The smallest absolute Gasteiger partial charge is 0.416 e. The molecule has 0 fully saturated rings. The fraction of sp³-hybridized carbons (Fsp3) is 0.314. The van der Waals surface area contributed by atoms with Crippen molar-refractivity contribution in [3.05, 3.63) is 117 Å². The van der Waals surface area contributed by atoms with Crippen LogP contribution < -0.4 is 10.6 Å². The lowest BCUT2D eigenvalue weighted by Crippen LogP contribution is -2.38. The molecule has 270 valence electrons. The van der Waals surface area contributed by atoms with Crippen molar-refractivity contribution in [3.8, 4) is 6.07 Å². The zero-order chi connectivity index (χ0) is 37.7. The Labute approximate surface area is 293 Å². The van der Waals surface area contributed by atoms with Gasteiger partial charge in [0.15, 0.2) is 0 Å². The summed E-state index contributed by atoms with van der Waals surface area (Å²) in [5, 5.41) is 16.1. The maximum absolute atomic E-state index is 13.6. The number of aryl methyl sites for hydroxylation is 1.